The molecule has 0 aliphatic heterocycles. The summed E-state index contributed by atoms with van der Waals surface area (Å²) in [5.74, 6) is 1.46. The molecule has 4 nitrogen and oxygen atoms in total. The summed E-state index contributed by atoms with van der Waals surface area (Å²) in [6.45, 7) is 11.9. The van der Waals surface area contributed by atoms with Crippen LogP contribution in [0.3, 0.4) is 0 Å². The van der Waals surface area contributed by atoms with Gasteiger partial charge in [0, 0.05) is 31.1 Å². The summed E-state index contributed by atoms with van der Waals surface area (Å²) in [5.41, 5.74) is 0. The maximum atomic E-state index is 5.54. The molecule has 0 saturated heterocycles. The van der Waals surface area contributed by atoms with Gasteiger partial charge in [-0.05, 0) is 51.0 Å². The van der Waals surface area contributed by atoms with Crippen molar-refractivity contribution in [2.75, 3.05) is 26.2 Å². The highest BCUT2D eigenvalue weighted by atomic mass is 127. The predicted octanol–water partition coefficient (Wildman–Crippen LogP) is 3.91. The molecule has 6 heteroatoms. The van der Waals surface area contributed by atoms with Gasteiger partial charge in [-0.1, -0.05) is 13.0 Å². The van der Waals surface area contributed by atoms with Gasteiger partial charge in [0.05, 0.1) is 6.10 Å². The molecule has 1 heterocycles. The van der Waals surface area contributed by atoms with Crippen LogP contribution in [-0.2, 0) is 11.2 Å². The van der Waals surface area contributed by atoms with Crippen molar-refractivity contribution < 1.29 is 4.74 Å². The van der Waals surface area contributed by atoms with E-state index in [0.717, 1.165) is 45.0 Å². The zero-order valence-corrected chi connectivity index (χ0v) is 17.9. The average molecular weight is 453 g/mol. The van der Waals surface area contributed by atoms with Crippen LogP contribution < -0.4 is 10.6 Å². The highest BCUT2D eigenvalue weighted by Crippen LogP contribution is 2.14. The molecule has 134 valence electrons. The number of hydrogen-bond donors (Lipinski definition) is 2. The van der Waals surface area contributed by atoms with Crippen molar-refractivity contribution in [1.29, 1.82) is 0 Å². The van der Waals surface area contributed by atoms with Crippen LogP contribution in [0.2, 0.25) is 0 Å². The largest absolute Gasteiger partial charge is 0.379 e. The van der Waals surface area contributed by atoms with E-state index in [0.29, 0.717) is 12.0 Å². The van der Waals surface area contributed by atoms with Crippen LogP contribution in [0.5, 0.6) is 0 Å². The van der Waals surface area contributed by atoms with Crippen LogP contribution in [-0.4, -0.2) is 38.3 Å². The van der Waals surface area contributed by atoms with Crippen molar-refractivity contribution in [2.24, 2.45) is 10.9 Å². The minimum Gasteiger partial charge on any atom is -0.379 e. The Bertz CT molecular complexity index is 410. The normalized spacial score (nSPS) is 12.8. The third kappa shape index (κ3) is 11.8. The van der Waals surface area contributed by atoms with Crippen LogP contribution in [0.25, 0.3) is 0 Å². The SMILES string of the molecule is CCNC(=NCC(C)Cc1cccs1)NCCCOC(C)C.I. The average Bonchev–Trinajstić information content (AvgIpc) is 2.96. The van der Waals surface area contributed by atoms with Crippen LogP contribution in [0.1, 0.15) is 39.0 Å². The third-order valence-electron chi connectivity index (χ3n) is 3.10. The number of guanidine groups is 1. The van der Waals surface area contributed by atoms with E-state index in [4.69, 9.17) is 4.74 Å². The van der Waals surface area contributed by atoms with Crippen molar-refractivity contribution >= 4 is 41.3 Å². The molecule has 0 fully saturated rings. The summed E-state index contributed by atoms with van der Waals surface area (Å²) in [4.78, 5) is 6.12. The first-order valence-electron chi connectivity index (χ1n) is 8.28. The second kappa shape index (κ2) is 14.0. The molecule has 0 amide bonds. The standard InChI is InChI=1S/C17H31N3OS.HI/c1-5-18-17(19-9-7-10-21-14(2)3)20-13-15(4)12-16-8-6-11-22-16;/h6,8,11,14-15H,5,7,9-10,12-13H2,1-4H3,(H2,18,19,20);1H. The number of ether oxygens (including phenoxy) is 1. The van der Waals surface area contributed by atoms with Gasteiger partial charge in [0.15, 0.2) is 5.96 Å². The lowest BCUT2D eigenvalue weighted by Gasteiger charge is -2.13. The molecule has 1 atom stereocenters. The first-order chi connectivity index (χ1) is 10.6. The molecule has 0 aliphatic rings. The van der Waals surface area contributed by atoms with Crippen molar-refractivity contribution in [1.82, 2.24) is 10.6 Å². The molecule has 0 aromatic carbocycles. The van der Waals surface area contributed by atoms with Crippen LogP contribution in [0, 0.1) is 5.92 Å². The van der Waals surface area contributed by atoms with E-state index in [1.54, 1.807) is 0 Å². The number of hydrogen-bond acceptors (Lipinski definition) is 3. The fraction of sp³-hybridized carbons (Fsp3) is 0.706. The lowest BCUT2D eigenvalue weighted by atomic mass is 10.1. The topological polar surface area (TPSA) is 45.7 Å². The third-order valence-corrected chi connectivity index (χ3v) is 4.00. The minimum absolute atomic E-state index is 0. The first kappa shape index (κ1) is 22.7. The summed E-state index contributed by atoms with van der Waals surface area (Å²) < 4.78 is 5.54. The quantitative estimate of drug-likeness (QED) is 0.244. The Kier molecular flexibility index (Phi) is 13.8. The lowest BCUT2D eigenvalue weighted by molar-refractivity contribution is 0.0776. The van der Waals surface area contributed by atoms with E-state index >= 15 is 0 Å². The fourth-order valence-corrected chi connectivity index (χ4v) is 2.89. The van der Waals surface area contributed by atoms with Crippen LogP contribution in [0.15, 0.2) is 22.5 Å². The number of halogens is 1. The molecule has 1 aromatic rings. The Morgan fingerprint density at radius 3 is 2.70 bits per heavy atom. The summed E-state index contributed by atoms with van der Waals surface area (Å²) in [6.07, 6.45) is 2.40. The summed E-state index contributed by atoms with van der Waals surface area (Å²) in [5, 5.41) is 8.80. The molecule has 1 rings (SSSR count). The predicted molar refractivity (Wildman–Crippen MR) is 112 cm³/mol. The van der Waals surface area contributed by atoms with Crippen LogP contribution >= 0.6 is 35.3 Å². The molecule has 0 spiro atoms. The van der Waals surface area contributed by atoms with Crippen molar-refractivity contribution in [2.45, 2.75) is 46.6 Å². The molecule has 0 aliphatic carbocycles. The van der Waals surface area contributed by atoms with E-state index in [1.165, 1.54) is 4.88 Å². The van der Waals surface area contributed by atoms with E-state index in [2.05, 4.69) is 60.8 Å². The van der Waals surface area contributed by atoms with E-state index in [9.17, 15) is 0 Å². The number of nitrogens with one attached hydrogen (secondary N) is 2. The van der Waals surface area contributed by atoms with Gasteiger partial charge >= 0.3 is 0 Å². The van der Waals surface area contributed by atoms with Crippen molar-refractivity contribution in [3.05, 3.63) is 22.4 Å². The van der Waals surface area contributed by atoms with E-state index in [-0.39, 0.29) is 24.0 Å². The smallest absolute Gasteiger partial charge is 0.191 e. The number of nitrogens with zero attached hydrogens (tertiary/aromatic N) is 1. The van der Waals surface area contributed by atoms with Gasteiger partial charge in [-0.2, -0.15) is 0 Å². The monoisotopic (exact) mass is 453 g/mol. The zero-order chi connectivity index (χ0) is 16.2. The van der Waals surface area contributed by atoms with Crippen LogP contribution in [0.4, 0.5) is 0 Å². The van der Waals surface area contributed by atoms with Gasteiger partial charge in [0.1, 0.15) is 0 Å². The molecule has 2 N–H and O–H groups in total. The molecular formula is C17H32IN3OS. The zero-order valence-electron chi connectivity index (χ0n) is 14.8. The summed E-state index contributed by atoms with van der Waals surface area (Å²) in [6, 6.07) is 4.31. The lowest BCUT2D eigenvalue weighted by Crippen LogP contribution is -2.38. The van der Waals surface area contributed by atoms with E-state index < -0.39 is 0 Å². The summed E-state index contributed by atoms with van der Waals surface area (Å²) >= 11 is 1.82. The molecule has 0 bridgehead atoms. The van der Waals surface area contributed by atoms with E-state index in [1.807, 2.05) is 11.3 Å². The molecular weight excluding hydrogens is 421 g/mol. The van der Waals surface area contributed by atoms with Gasteiger partial charge < -0.3 is 15.4 Å². The molecule has 0 saturated carbocycles. The molecule has 1 unspecified atom stereocenters. The number of rotatable bonds is 10. The fourth-order valence-electron chi connectivity index (χ4n) is 2.02. The highest BCUT2D eigenvalue weighted by molar-refractivity contribution is 14.0. The second-order valence-corrected chi connectivity index (χ2v) is 6.84. The van der Waals surface area contributed by atoms with Gasteiger partial charge in [-0.15, -0.1) is 35.3 Å². The summed E-state index contributed by atoms with van der Waals surface area (Å²) in [7, 11) is 0. The Labute approximate surface area is 162 Å². The van der Waals surface area contributed by atoms with Crippen molar-refractivity contribution in [3.8, 4) is 0 Å². The second-order valence-electron chi connectivity index (χ2n) is 5.81. The van der Waals surface area contributed by atoms with Crippen molar-refractivity contribution in [3.63, 3.8) is 0 Å². The molecule has 23 heavy (non-hydrogen) atoms. The Morgan fingerprint density at radius 2 is 2.09 bits per heavy atom. The Hall–Kier alpha value is -0.340. The van der Waals surface area contributed by atoms with Gasteiger partial charge in [-0.3, -0.25) is 4.99 Å². The maximum Gasteiger partial charge on any atom is 0.191 e. The first-order valence-corrected chi connectivity index (χ1v) is 9.16. The Morgan fingerprint density at radius 1 is 1.30 bits per heavy atom. The highest BCUT2D eigenvalue weighted by Gasteiger charge is 2.05. The van der Waals surface area contributed by atoms with Gasteiger partial charge in [0.2, 0.25) is 0 Å². The number of aliphatic imine (C=N–C) groups is 1. The van der Waals surface area contributed by atoms with Gasteiger partial charge in [0.25, 0.3) is 0 Å². The number of thiophene rings is 1. The molecule has 0 radical (unpaired) electrons. The minimum atomic E-state index is 0. The maximum absolute atomic E-state index is 5.54. The molecule has 1 aromatic heterocycles. The van der Waals surface area contributed by atoms with Gasteiger partial charge in [-0.25, -0.2) is 0 Å². The Balaban J connectivity index is 0.00000484.